The number of carbonyl (C=O) groups excluding carboxylic acids is 1. The molecule has 0 saturated carbocycles. The zero-order valence-electron chi connectivity index (χ0n) is 23.8. The number of nitrogens with one attached hydrogen (secondary N) is 1. The van der Waals surface area contributed by atoms with Crippen LogP contribution in [0, 0.1) is 6.92 Å². The fourth-order valence-electron chi connectivity index (χ4n) is 4.07. The molecule has 0 saturated heterocycles. The number of carbonyl (C=O) groups is 1. The minimum absolute atomic E-state index is 0.223. The van der Waals surface area contributed by atoms with E-state index in [4.69, 9.17) is 21.1 Å². The molecule has 1 N–H and O–H groups in total. The number of ether oxygens (including phenoxy) is 2. The molecule has 0 radical (unpaired) electrons. The second kappa shape index (κ2) is 14.4. The Morgan fingerprint density at radius 1 is 1.04 bits per heavy atom. The van der Waals surface area contributed by atoms with E-state index in [0.717, 1.165) is 23.3 Å². The maximum Gasteiger partial charge on any atom is 0.417 e. The minimum Gasteiger partial charge on any atom is -0.493 e. The van der Waals surface area contributed by atoms with Gasteiger partial charge in [-0.3, -0.25) is 9.10 Å². The van der Waals surface area contributed by atoms with Gasteiger partial charge in [-0.05, 0) is 76.4 Å². The van der Waals surface area contributed by atoms with Gasteiger partial charge in [0, 0.05) is 0 Å². The number of rotatable bonds is 11. The van der Waals surface area contributed by atoms with E-state index < -0.39 is 44.9 Å². The van der Waals surface area contributed by atoms with E-state index in [9.17, 15) is 26.4 Å². The molecule has 236 valence electrons. The number of alkyl halides is 3. The molecule has 0 aliphatic rings. The molecule has 1 amide bonds. The summed E-state index contributed by atoms with van der Waals surface area (Å²) in [6.45, 7) is 1.15. The molecule has 0 aliphatic carbocycles. The number of halogens is 5. The van der Waals surface area contributed by atoms with E-state index in [1.54, 1.807) is 19.1 Å². The highest BCUT2D eigenvalue weighted by Crippen LogP contribution is 2.38. The van der Waals surface area contributed by atoms with Gasteiger partial charge in [0.25, 0.3) is 15.9 Å². The predicted octanol–water partition coefficient (Wildman–Crippen LogP) is 7.36. The van der Waals surface area contributed by atoms with E-state index in [2.05, 4.69) is 26.5 Å². The summed E-state index contributed by atoms with van der Waals surface area (Å²) in [6, 6.07) is 21.0. The third-order valence-electron chi connectivity index (χ3n) is 6.32. The number of methoxy groups -OCH3 is 1. The maximum absolute atomic E-state index is 13.6. The normalized spacial score (nSPS) is 11.8. The van der Waals surface area contributed by atoms with Crippen LogP contribution in [-0.2, 0) is 27.6 Å². The van der Waals surface area contributed by atoms with Crippen molar-refractivity contribution in [2.75, 3.05) is 18.0 Å². The fourth-order valence-corrected chi connectivity index (χ4v) is 6.28. The van der Waals surface area contributed by atoms with Crippen molar-refractivity contribution in [3.05, 3.63) is 117 Å². The summed E-state index contributed by atoms with van der Waals surface area (Å²) >= 11 is 9.20. The lowest BCUT2D eigenvalue weighted by molar-refractivity contribution is -0.137. The van der Waals surface area contributed by atoms with Crippen molar-refractivity contribution in [2.24, 2.45) is 5.10 Å². The smallest absolute Gasteiger partial charge is 0.417 e. The van der Waals surface area contributed by atoms with E-state index in [-0.39, 0.29) is 4.90 Å². The van der Waals surface area contributed by atoms with E-state index in [0.29, 0.717) is 38.5 Å². The Bertz CT molecular complexity index is 1810. The number of aryl methyl sites for hydroxylation is 1. The molecule has 0 atom stereocenters. The number of hydrogen-bond donors (Lipinski definition) is 1. The number of anilines is 1. The molecule has 4 rings (SSSR count). The lowest BCUT2D eigenvalue weighted by Crippen LogP contribution is -2.39. The predicted molar refractivity (Wildman–Crippen MR) is 169 cm³/mol. The van der Waals surface area contributed by atoms with Gasteiger partial charge in [-0.15, -0.1) is 0 Å². The first-order valence-electron chi connectivity index (χ1n) is 13.1. The summed E-state index contributed by atoms with van der Waals surface area (Å²) in [5.41, 5.74) is 2.77. The number of benzene rings is 4. The summed E-state index contributed by atoms with van der Waals surface area (Å²) in [5.74, 6) is -0.0911. The Kier molecular flexibility index (Phi) is 10.8. The number of amides is 1. The molecule has 0 unspecified atom stereocenters. The number of hydrogen-bond acceptors (Lipinski definition) is 6. The zero-order chi connectivity index (χ0) is 32.8. The molecule has 45 heavy (non-hydrogen) atoms. The second-order valence-corrected chi connectivity index (χ2v) is 12.7. The van der Waals surface area contributed by atoms with Gasteiger partial charge in [-0.1, -0.05) is 59.6 Å². The van der Waals surface area contributed by atoms with Crippen molar-refractivity contribution in [1.82, 2.24) is 5.43 Å². The Morgan fingerprint density at radius 2 is 1.73 bits per heavy atom. The fraction of sp³-hybridized carbons (Fsp3) is 0.161. The van der Waals surface area contributed by atoms with Gasteiger partial charge in [-0.25, -0.2) is 13.8 Å². The third kappa shape index (κ3) is 8.56. The first-order chi connectivity index (χ1) is 21.3. The highest BCUT2D eigenvalue weighted by molar-refractivity contribution is 9.10. The Balaban J connectivity index is 1.56. The van der Waals surface area contributed by atoms with Crippen molar-refractivity contribution in [3.63, 3.8) is 0 Å². The molecule has 0 spiro atoms. The van der Waals surface area contributed by atoms with E-state index in [1.807, 2.05) is 30.3 Å². The quantitative estimate of drug-likeness (QED) is 0.129. The average molecular weight is 725 g/mol. The Labute approximate surface area is 271 Å². The summed E-state index contributed by atoms with van der Waals surface area (Å²) in [6.07, 6.45) is -3.58. The molecular weight excluding hydrogens is 699 g/mol. The van der Waals surface area contributed by atoms with Crippen LogP contribution in [0.15, 0.2) is 99.4 Å². The van der Waals surface area contributed by atoms with Gasteiger partial charge in [0.1, 0.15) is 13.2 Å². The van der Waals surface area contributed by atoms with Crippen LogP contribution in [0.2, 0.25) is 5.02 Å². The summed E-state index contributed by atoms with van der Waals surface area (Å²) in [5, 5.41) is 3.28. The van der Waals surface area contributed by atoms with Crippen molar-refractivity contribution in [1.29, 1.82) is 0 Å². The Morgan fingerprint density at radius 3 is 2.38 bits per heavy atom. The molecule has 0 bridgehead atoms. The van der Waals surface area contributed by atoms with Crippen LogP contribution >= 0.6 is 27.5 Å². The molecule has 0 aromatic heterocycles. The lowest BCUT2D eigenvalue weighted by atomic mass is 10.2. The van der Waals surface area contributed by atoms with Gasteiger partial charge in [0.2, 0.25) is 0 Å². The zero-order valence-corrected chi connectivity index (χ0v) is 27.0. The molecule has 0 fully saturated rings. The molecule has 0 heterocycles. The summed E-state index contributed by atoms with van der Waals surface area (Å²) < 4.78 is 80.4. The third-order valence-corrected chi connectivity index (χ3v) is 9.03. The van der Waals surface area contributed by atoms with Crippen LogP contribution in [0.1, 0.15) is 22.3 Å². The monoisotopic (exact) mass is 723 g/mol. The minimum atomic E-state index is -4.86. The van der Waals surface area contributed by atoms with Gasteiger partial charge >= 0.3 is 6.18 Å². The van der Waals surface area contributed by atoms with Crippen LogP contribution in [0.4, 0.5) is 18.9 Å². The second-order valence-electron chi connectivity index (χ2n) is 9.59. The lowest BCUT2D eigenvalue weighted by Gasteiger charge is -2.25. The van der Waals surface area contributed by atoms with Crippen LogP contribution in [-0.4, -0.2) is 34.2 Å². The van der Waals surface area contributed by atoms with Gasteiger partial charge in [-0.2, -0.15) is 18.3 Å². The molecule has 8 nitrogen and oxygen atoms in total. The van der Waals surface area contributed by atoms with Crippen LogP contribution in [0.25, 0.3) is 0 Å². The molecule has 4 aromatic carbocycles. The molecule has 14 heteroatoms. The molecule has 4 aromatic rings. The Hall–Kier alpha value is -4.07. The van der Waals surface area contributed by atoms with E-state index >= 15 is 0 Å². The summed E-state index contributed by atoms with van der Waals surface area (Å²) in [4.78, 5) is 12.7. The number of sulfonamides is 1. The SMILES string of the molecule is COc1cc(/C=N\NC(=O)CN(c2ccc(Cl)c(C(F)(F)F)c2)S(=O)(=O)c2ccc(C)cc2)cc(Br)c1OCc1ccccc1. The topological polar surface area (TPSA) is 97.3 Å². The first kappa shape index (κ1) is 33.8. The van der Waals surface area contributed by atoms with Crippen molar-refractivity contribution < 1.29 is 35.9 Å². The molecule has 0 aliphatic heterocycles. The van der Waals surface area contributed by atoms with E-state index in [1.165, 1.54) is 37.6 Å². The average Bonchev–Trinajstić information content (AvgIpc) is 2.99. The van der Waals surface area contributed by atoms with Crippen molar-refractivity contribution in [3.8, 4) is 11.5 Å². The van der Waals surface area contributed by atoms with Crippen molar-refractivity contribution in [2.45, 2.75) is 24.6 Å². The number of hydrazone groups is 1. The van der Waals surface area contributed by atoms with Gasteiger partial charge < -0.3 is 9.47 Å². The standard InChI is InChI=1S/C31H26BrClF3N3O5S/c1-20-8-11-24(12-9-20)45(41,42)39(23-10-13-27(33)25(16-23)31(34,35)36)18-29(40)38-37-17-22-14-26(32)30(28(15-22)43-2)44-19-21-6-4-3-5-7-21/h3-17H,18-19H2,1-2H3,(H,38,40)/b37-17-. The van der Waals surface area contributed by atoms with Crippen LogP contribution in [0.5, 0.6) is 11.5 Å². The first-order valence-corrected chi connectivity index (χ1v) is 15.7. The largest absolute Gasteiger partial charge is 0.493 e. The van der Waals surface area contributed by atoms with Gasteiger partial charge in [0.05, 0.1) is 39.0 Å². The van der Waals surface area contributed by atoms with Crippen LogP contribution in [0.3, 0.4) is 0 Å². The maximum atomic E-state index is 13.6. The van der Waals surface area contributed by atoms with Crippen molar-refractivity contribution >= 4 is 55.4 Å². The van der Waals surface area contributed by atoms with Gasteiger partial charge in [0.15, 0.2) is 11.5 Å². The highest BCUT2D eigenvalue weighted by atomic mass is 79.9. The number of nitrogens with zero attached hydrogens (tertiary/aromatic N) is 2. The van der Waals surface area contributed by atoms with Crippen LogP contribution < -0.4 is 19.2 Å². The highest BCUT2D eigenvalue weighted by Gasteiger charge is 2.35. The summed E-state index contributed by atoms with van der Waals surface area (Å²) in [7, 11) is -3.03. The molecular formula is C31H26BrClF3N3O5S.